The average molecular weight is 211 g/mol. The summed E-state index contributed by atoms with van der Waals surface area (Å²) >= 11 is 0. The van der Waals surface area contributed by atoms with Crippen molar-refractivity contribution >= 4 is 11.7 Å². The molecule has 2 rings (SSSR count). The van der Waals surface area contributed by atoms with E-state index < -0.39 is 5.97 Å². The third kappa shape index (κ3) is 2.10. The van der Waals surface area contributed by atoms with Gasteiger partial charge in [-0.2, -0.15) is 5.10 Å². The Morgan fingerprint density at radius 1 is 1.80 bits per heavy atom. The van der Waals surface area contributed by atoms with Crippen LogP contribution in [0.5, 0.6) is 0 Å². The lowest BCUT2D eigenvalue weighted by Crippen LogP contribution is -2.15. The number of aromatic nitrogens is 2. The first kappa shape index (κ1) is 9.97. The molecule has 1 fully saturated rings. The number of nitrogens with zero attached hydrogens (tertiary/aromatic N) is 2. The molecule has 1 saturated heterocycles. The minimum absolute atomic E-state index is 0.0898. The van der Waals surface area contributed by atoms with E-state index in [0.29, 0.717) is 6.54 Å². The lowest BCUT2D eigenvalue weighted by molar-refractivity contribution is 0.0686. The molecule has 2 heterocycles. The zero-order valence-corrected chi connectivity index (χ0v) is 8.22. The van der Waals surface area contributed by atoms with Gasteiger partial charge in [-0.3, -0.25) is 4.68 Å². The second-order valence-electron chi connectivity index (χ2n) is 3.60. The van der Waals surface area contributed by atoms with E-state index in [4.69, 9.17) is 15.6 Å². The number of ether oxygens (including phenoxy) is 1. The fraction of sp³-hybridized carbons (Fsp3) is 0.556. The molecule has 6 nitrogen and oxygen atoms in total. The number of carboxylic acids is 1. The van der Waals surface area contributed by atoms with Crippen molar-refractivity contribution in [2.24, 2.45) is 0 Å². The third-order valence-electron chi connectivity index (χ3n) is 2.41. The fourth-order valence-electron chi connectivity index (χ4n) is 1.69. The number of carboxylic acid groups (broad SMARTS) is 1. The molecule has 1 aliphatic rings. The Morgan fingerprint density at radius 3 is 3.13 bits per heavy atom. The van der Waals surface area contributed by atoms with Gasteiger partial charge in [-0.25, -0.2) is 4.79 Å². The molecular weight excluding hydrogens is 198 g/mol. The Labute approximate surface area is 86.6 Å². The van der Waals surface area contributed by atoms with Crippen molar-refractivity contribution in [1.29, 1.82) is 0 Å². The molecule has 1 atom stereocenters. The van der Waals surface area contributed by atoms with E-state index >= 15 is 0 Å². The number of aromatic carboxylic acids is 1. The summed E-state index contributed by atoms with van der Waals surface area (Å²) in [5.41, 5.74) is 5.62. The van der Waals surface area contributed by atoms with Crippen LogP contribution in [0.1, 0.15) is 23.3 Å². The number of anilines is 1. The zero-order chi connectivity index (χ0) is 10.8. The van der Waals surface area contributed by atoms with Crippen LogP contribution in [0.2, 0.25) is 0 Å². The second kappa shape index (κ2) is 3.90. The molecule has 0 aliphatic carbocycles. The topological polar surface area (TPSA) is 90.4 Å². The lowest BCUT2D eigenvalue weighted by atomic mass is 10.2. The van der Waals surface area contributed by atoms with Crippen molar-refractivity contribution in [3.05, 3.63) is 11.9 Å². The van der Waals surface area contributed by atoms with Crippen LogP contribution < -0.4 is 5.73 Å². The monoisotopic (exact) mass is 211 g/mol. The Bertz CT molecular complexity index is 369. The Kier molecular flexibility index (Phi) is 2.59. The number of nitrogen functional groups attached to an aromatic ring is 1. The van der Waals surface area contributed by atoms with Gasteiger partial charge < -0.3 is 15.6 Å². The summed E-state index contributed by atoms with van der Waals surface area (Å²) in [4.78, 5) is 10.7. The fourth-order valence-corrected chi connectivity index (χ4v) is 1.69. The average Bonchev–Trinajstić information content (AvgIpc) is 2.75. The van der Waals surface area contributed by atoms with Crippen LogP contribution in [0.4, 0.5) is 5.69 Å². The van der Waals surface area contributed by atoms with Crippen molar-refractivity contribution in [3.63, 3.8) is 0 Å². The standard InChI is InChI=1S/C9H13N3O3/c10-7-5-12(11-8(7)9(13)14)4-6-2-1-3-15-6/h5-6H,1-4,10H2,(H,13,14)/t6-/m0/s1. The summed E-state index contributed by atoms with van der Waals surface area (Å²) in [6.07, 6.45) is 3.70. The SMILES string of the molecule is Nc1cn(C[C@@H]2CCCO2)nc1C(=O)O. The van der Waals surface area contributed by atoms with Gasteiger partial charge >= 0.3 is 5.97 Å². The number of nitrogens with two attached hydrogens (primary N) is 1. The van der Waals surface area contributed by atoms with Gasteiger partial charge in [-0.15, -0.1) is 0 Å². The highest BCUT2D eigenvalue weighted by Crippen LogP contribution is 2.15. The highest BCUT2D eigenvalue weighted by molar-refractivity contribution is 5.91. The number of carbonyl (C=O) groups is 1. The molecule has 0 aromatic carbocycles. The summed E-state index contributed by atoms with van der Waals surface area (Å²) in [6.45, 7) is 1.34. The lowest BCUT2D eigenvalue weighted by Gasteiger charge is -2.08. The molecule has 1 aromatic heterocycles. The maximum Gasteiger partial charge on any atom is 0.358 e. The highest BCUT2D eigenvalue weighted by Gasteiger charge is 2.19. The molecular formula is C9H13N3O3. The van der Waals surface area contributed by atoms with Gasteiger partial charge in [-0.1, -0.05) is 0 Å². The quantitative estimate of drug-likeness (QED) is 0.752. The van der Waals surface area contributed by atoms with Gasteiger partial charge in [0.1, 0.15) is 0 Å². The summed E-state index contributed by atoms with van der Waals surface area (Å²) in [5.74, 6) is -1.10. The molecule has 0 spiro atoms. The van der Waals surface area contributed by atoms with Crippen molar-refractivity contribution in [2.75, 3.05) is 12.3 Å². The summed E-state index contributed by atoms with van der Waals surface area (Å²) in [7, 11) is 0. The van der Waals surface area contributed by atoms with Crippen LogP contribution in [-0.4, -0.2) is 33.6 Å². The minimum Gasteiger partial charge on any atom is -0.476 e. The normalized spacial score (nSPS) is 20.7. The highest BCUT2D eigenvalue weighted by atomic mass is 16.5. The smallest absolute Gasteiger partial charge is 0.358 e. The molecule has 6 heteroatoms. The van der Waals surface area contributed by atoms with Crippen LogP contribution in [0.15, 0.2) is 6.20 Å². The van der Waals surface area contributed by atoms with Crippen molar-refractivity contribution < 1.29 is 14.6 Å². The van der Waals surface area contributed by atoms with E-state index in [1.165, 1.54) is 10.9 Å². The van der Waals surface area contributed by atoms with E-state index in [0.717, 1.165) is 19.4 Å². The maximum absolute atomic E-state index is 10.7. The molecule has 82 valence electrons. The summed E-state index contributed by atoms with van der Waals surface area (Å²) in [5, 5.41) is 12.6. The van der Waals surface area contributed by atoms with E-state index in [2.05, 4.69) is 5.10 Å². The molecule has 0 amide bonds. The van der Waals surface area contributed by atoms with Gasteiger partial charge in [0.2, 0.25) is 0 Å². The van der Waals surface area contributed by atoms with Crippen molar-refractivity contribution in [2.45, 2.75) is 25.5 Å². The Morgan fingerprint density at radius 2 is 2.60 bits per heavy atom. The van der Waals surface area contributed by atoms with Crippen LogP contribution in [0.3, 0.4) is 0 Å². The predicted molar refractivity (Wildman–Crippen MR) is 52.6 cm³/mol. The second-order valence-corrected chi connectivity index (χ2v) is 3.60. The summed E-state index contributed by atoms with van der Waals surface area (Å²) < 4.78 is 6.95. The Hall–Kier alpha value is -1.56. The van der Waals surface area contributed by atoms with Crippen LogP contribution >= 0.6 is 0 Å². The molecule has 1 aromatic rings. The molecule has 15 heavy (non-hydrogen) atoms. The van der Waals surface area contributed by atoms with E-state index in [1.807, 2.05) is 0 Å². The van der Waals surface area contributed by atoms with Crippen molar-refractivity contribution in [3.8, 4) is 0 Å². The molecule has 3 N–H and O–H groups in total. The number of hydrogen-bond acceptors (Lipinski definition) is 4. The maximum atomic E-state index is 10.7. The summed E-state index contributed by atoms with van der Waals surface area (Å²) in [6, 6.07) is 0. The van der Waals surface area contributed by atoms with Crippen molar-refractivity contribution in [1.82, 2.24) is 9.78 Å². The van der Waals surface area contributed by atoms with E-state index in [9.17, 15) is 4.79 Å². The largest absolute Gasteiger partial charge is 0.476 e. The third-order valence-corrected chi connectivity index (χ3v) is 2.41. The number of hydrogen-bond donors (Lipinski definition) is 2. The first-order valence-corrected chi connectivity index (χ1v) is 4.84. The zero-order valence-electron chi connectivity index (χ0n) is 8.22. The van der Waals surface area contributed by atoms with Gasteiger partial charge in [0.25, 0.3) is 0 Å². The van der Waals surface area contributed by atoms with Crippen LogP contribution in [-0.2, 0) is 11.3 Å². The van der Waals surface area contributed by atoms with E-state index in [-0.39, 0.29) is 17.5 Å². The first-order chi connectivity index (χ1) is 7.16. The van der Waals surface area contributed by atoms with Gasteiger partial charge in [-0.05, 0) is 12.8 Å². The first-order valence-electron chi connectivity index (χ1n) is 4.84. The van der Waals surface area contributed by atoms with E-state index in [1.54, 1.807) is 0 Å². The molecule has 0 radical (unpaired) electrons. The van der Waals surface area contributed by atoms with Gasteiger partial charge in [0, 0.05) is 12.8 Å². The molecule has 0 bridgehead atoms. The van der Waals surface area contributed by atoms with Crippen LogP contribution in [0, 0.1) is 0 Å². The number of rotatable bonds is 3. The Balaban J connectivity index is 2.08. The van der Waals surface area contributed by atoms with Gasteiger partial charge in [0.05, 0.1) is 18.3 Å². The molecule has 0 saturated carbocycles. The molecule has 0 unspecified atom stereocenters. The van der Waals surface area contributed by atoms with Gasteiger partial charge in [0.15, 0.2) is 5.69 Å². The predicted octanol–water partition coefficient (Wildman–Crippen LogP) is 0.343. The molecule has 1 aliphatic heterocycles. The van der Waals surface area contributed by atoms with Crippen LogP contribution in [0.25, 0.3) is 0 Å². The minimum atomic E-state index is -1.10.